The molecular formula is C7H14MoNS2-. The van der Waals surface area contributed by atoms with Crippen molar-refractivity contribution in [1.82, 2.24) is 4.90 Å². The van der Waals surface area contributed by atoms with Gasteiger partial charge in [0.2, 0.25) is 0 Å². The Balaban J connectivity index is 0. The molecule has 0 saturated carbocycles. The average molecular weight is 272 g/mol. The van der Waals surface area contributed by atoms with Crippen molar-refractivity contribution >= 4 is 29.2 Å². The molecule has 0 N–H and O–H groups in total. The van der Waals surface area contributed by atoms with Gasteiger partial charge in [-0.2, -0.15) is 0 Å². The van der Waals surface area contributed by atoms with E-state index in [0.717, 1.165) is 25.9 Å². The molecule has 0 heterocycles. The van der Waals surface area contributed by atoms with Crippen molar-refractivity contribution < 1.29 is 21.1 Å². The molecule has 0 aliphatic carbocycles. The second-order valence-electron chi connectivity index (χ2n) is 2.25. The Hall–Kier alpha value is 0.798. The summed E-state index contributed by atoms with van der Waals surface area (Å²) in [4.78, 5) is 2.07. The largest absolute Gasteiger partial charge is 0.411 e. The van der Waals surface area contributed by atoms with Gasteiger partial charge < -0.3 is 29.7 Å². The Bertz CT molecular complexity index is 103. The van der Waals surface area contributed by atoms with Crippen LogP contribution in [0.15, 0.2) is 0 Å². The van der Waals surface area contributed by atoms with E-state index >= 15 is 0 Å². The Morgan fingerprint density at radius 3 is 1.82 bits per heavy atom. The Morgan fingerprint density at radius 2 is 1.64 bits per heavy atom. The molecule has 0 fully saturated rings. The van der Waals surface area contributed by atoms with E-state index in [9.17, 15) is 0 Å². The third-order valence-corrected chi connectivity index (χ3v) is 1.76. The van der Waals surface area contributed by atoms with Crippen LogP contribution in [-0.2, 0) is 33.7 Å². The number of hydrogen-bond donors (Lipinski definition) is 0. The molecule has 0 atom stereocenters. The predicted octanol–water partition coefficient (Wildman–Crippen LogP) is 1.94. The van der Waals surface area contributed by atoms with E-state index in [1.54, 1.807) is 0 Å². The minimum atomic E-state index is 0. The Kier molecular flexibility index (Phi) is 11.6. The molecule has 0 bridgehead atoms. The van der Waals surface area contributed by atoms with Crippen molar-refractivity contribution in [3.8, 4) is 0 Å². The van der Waals surface area contributed by atoms with Crippen molar-refractivity contribution in [3.63, 3.8) is 0 Å². The normalized spacial score (nSPS) is 8.55. The molecule has 0 radical (unpaired) electrons. The third kappa shape index (κ3) is 7.17. The number of hydrogen-bond acceptors (Lipinski definition) is 2. The van der Waals surface area contributed by atoms with E-state index in [-0.39, 0.29) is 21.1 Å². The standard InChI is InChI=1S/C7H15NS2.Mo/c1-3-5-8(6-4-2)7(9)10;/h3-6H2,1-2H3,(H,9,10);/p-1. The molecule has 0 aliphatic rings. The molecule has 0 aromatic rings. The molecule has 11 heavy (non-hydrogen) atoms. The first kappa shape index (κ1) is 14.3. The van der Waals surface area contributed by atoms with Crippen LogP contribution in [-0.4, -0.2) is 22.3 Å². The van der Waals surface area contributed by atoms with Gasteiger partial charge in [-0.3, -0.25) is 0 Å². The van der Waals surface area contributed by atoms with Crippen LogP contribution >= 0.6 is 12.2 Å². The molecule has 0 unspecified atom stereocenters. The van der Waals surface area contributed by atoms with Crippen LogP contribution in [0, 0.1) is 0 Å². The number of rotatable bonds is 4. The van der Waals surface area contributed by atoms with E-state index in [4.69, 9.17) is 24.8 Å². The summed E-state index contributed by atoms with van der Waals surface area (Å²) in [5, 5.41) is 0. The summed E-state index contributed by atoms with van der Waals surface area (Å²) in [5.41, 5.74) is 0. The molecule has 0 aliphatic heterocycles. The molecule has 0 saturated heterocycles. The van der Waals surface area contributed by atoms with E-state index in [1.165, 1.54) is 0 Å². The smallest absolute Gasteiger partial charge is 0.0159 e. The van der Waals surface area contributed by atoms with Gasteiger partial charge in [-0.1, -0.05) is 18.2 Å². The zero-order valence-corrected chi connectivity index (χ0v) is 10.6. The first-order chi connectivity index (χ1) is 4.72. The molecule has 0 rings (SSSR count). The van der Waals surface area contributed by atoms with Crippen LogP contribution in [0.3, 0.4) is 0 Å². The van der Waals surface area contributed by atoms with Crippen LogP contribution < -0.4 is 0 Å². The SMILES string of the molecule is CCCN(CCC)C(=S)[S-].[Mo]. The maximum atomic E-state index is 4.89. The minimum Gasteiger partial charge on any atom is -0.411 e. The van der Waals surface area contributed by atoms with Gasteiger partial charge in [-0.05, 0) is 12.8 Å². The molecule has 66 valence electrons. The van der Waals surface area contributed by atoms with Gasteiger partial charge in [0, 0.05) is 34.2 Å². The molecular weight excluding hydrogens is 258 g/mol. The van der Waals surface area contributed by atoms with Crippen molar-refractivity contribution in [2.24, 2.45) is 0 Å². The summed E-state index contributed by atoms with van der Waals surface area (Å²) in [6, 6.07) is 0. The van der Waals surface area contributed by atoms with Crippen molar-refractivity contribution in [2.45, 2.75) is 26.7 Å². The zero-order valence-electron chi connectivity index (χ0n) is 7.00. The van der Waals surface area contributed by atoms with Crippen LogP contribution in [0.4, 0.5) is 0 Å². The van der Waals surface area contributed by atoms with Crippen LogP contribution in [0.25, 0.3) is 0 Å². The van der Waals surface area contributed by atoms with Gasteiger partial charge in [0.1, 0.15) is 0 Å². The first-order valence-corrected chi connectivity index (χ1v) is 4.50. The summed E-state index contributed by atoms with van der Waals surface area (Å²) >= 11 is 9.78. The third-order valence-electron chi connectivity index (χ3n) is 1.25. The Morgan fingerprint density at radius 1 is 1.27 bits per heavy atom. The summed E-state index contributed by atoms with van der Waals surface area (Å²) in [6.07, 6.45) is 2.24. The maximum Gasteiger partial charge on any atom is 0.0159 e. The fourth-order valence-corrected chi connectivity index (χ4v) is 1.20. The van der Waals surface area contributed by atoms with E-state index in [0.29, 0.717) is 4.32 Å². The van der Waals surface area contributed by atoms with E-state index < -0.39 is 0 Å². The predicted molar refractivity (Wildman–Crippen MR) is 52.1 cm³/mol. The van der Waals surface area contributed by atoms with Gasteiger partial charge in [0.25, 0.3) is 0 Å². The summed E-state index contributed by atoms with van der Waals surface area (Å²) in [5.74, 6) is 0. The maximum absolute atomic E-state index is 4.89. The Labute approximate surface area is 94.6 Å². The summed E-state index contributed by atoms with van der Waals surface area (Å²) in [7, 11) is 0. The summed E-state index contributed by atoms with van der Waals surface area (Å²) < 4.78 is 0.615. The van der Waals surface area contributed by atoms with Crippen molar-refractivity contribution in [2.75, 3.05) is 13.1 Å². The minimum absolute atomic E-state index is 0. The second kappa shape index (κ2) is 8.89. The fraction of sp³-hybridized carbons (Fsp3) is 0.857. The quantitative estimate of drug-likeness (QED) is 0.437. The molecule has 1 nitrogen and oxygen atoms in total. The van der Waals surface area contributed by atoms with Crippen LogP contribution in [0.2, 0.25) is 0 Å². The van der Waals surface area contributed by atoms with Gasteiger partial charge in [-0.15, -0.1) is 0 Å². The second-order valence-corrected chi connectivity index (χ2v) is 3.28. The molecule has 0 aromatic heterocycles. The molecule has 0 spiro atoms. The van der Waals surface area contributed by atoms with Gasteiger partial charge in [0.15, 0.2) is 0 Å². The fourth-order valence-electron chi connectivity index (χ4n) is 0.834. The van der Waals surface area contributed by atoms with E-state index in [1.807, 2.05) is 0 Å². The van der Waals surface area contributed by atoms with Crippen LogP contribution in [0.5, 0.6) is 0 Å². The number of nitrogens with zero attached hydrogens (tertiary/aromatic N) is 1. The zero-order chi connectivity index (χ0) is 7.98. The summed E-state index contributed by atoms with van der Waals surface area (Å²) in [6.45, 7) is 6.29. The van der Waals surface area contributed by atoms with Crippen LogP contribution in [0.1, 0.15) is 26.7 Å². The average Bonchev–Trinajstić information content (AvgIpc) is 1.87. The topological polar surface area (TPSA) is 3.24 Å². The van der Waals surface area contributed by atoms with Crippen molar-refractivity contribution in [1.29, 1.82) is 0 Å². The molecule has 0 aromatic carbocycles. The monoisotopic (exact) mass is 274 g/mol. The molecule has 4 heteroatoms. The van der Waals surface area contributed by atoms with Gasteiger partial charge in [0.05, 0.1) is 0 Å². The molecule has 0 amide bonds. The first-order valence-electron chi connectivity index (χ1n) is 3.68. The van der Waals surface area contributed by atoms with Crippen molar-refractivity contribution in [3.05, 3.63) is 0 Å². The van der Waals surface area contributed by atoms with Gasteiger partial charge >= 0.3 is 0 Å². The van der Waals surface area contributed by atoms with E-state index in [2.05, 4.69) is 18.7 Å². The number of thiocarbonyl (C=S) groups is 1. The van der Waals surface area contributed by atoms with Gasteiger partial charge in [-0.25, -0.2) is 0 Å².